The lowest BCUT2D eigenvalue weighted by atomic mass is 10.0. The van der Waals surface area contributed by atoms with E-state index in [0.29, 0.717) is 22.4 Å². The number of hydrogen-bond donors (Lipinski definition) is 0. The van der Waals surface area contributed by atoms with Crippen molar-refractivity contribution in [3.05, 3.63) is 45.8 Å². The van der Waals surface area contributed by atoms with Crippen LogP contribution in [0.3, 0.4) is 0 Å². The van der Waals surface area contributed by atoms with Crippen LogP contribution in [-0.2, 0) is 7.05 Å². The Morgan fingerprint density at radius 1 is 1.31 bits per heavy atom. The highest BCUT2D eigenvalue weighted by Crippen LogP contribution is 2.24. The first kappa shape index (κ1) is 10.4. The van der Waals surface area contributed by atoms with Gasteiger partial charge in [0.05, 0.1) is 11.3 Å². The van der Waals surface area contributed by atoms with E-state index in [1.807, 2.05) is 6.07 Å². The molecule has 0 radical (unpaired) electrons. The van der Waals surface area contributed by atoms with Gasteiger partial charge in [-0.15, -0.1) is 0 Å². The van der Waals surface area contributed by atoms with Gasteiger partial charge in [-0.1, -0.05) is 24.3 Å². The van der Waals surface area contributed by atoms with Gasteiger partial charge in [0.15, 0.2) is 6.29 Å². The molecule has 0 spiro atoms. The third-order valence-electron chi connectivity index (χ3n) is 2.54. The summed E-state index contributed by atoms with van der Waals surface area (Å²) in [5.74, 6) is 0. The van der Waals surface area contributed by atoms with Gasteiger partial charge >= 0.3 is 5.63 Å². The molecule has 1 heterocycles. The zero-order valence-electron chi connectivity index (χ0n) is 9.06. The van der Waals surface area contributed by atoms with Crippen molar-refractivity contribution in [1.29, 1.82) is 0 Å². The summed E-state index contributed by atoms with van der Waals surface area (Å²) < 4.78 is 6.33. The Bertz CT molecular complexity index is 593. The van der Waals surface area contributed by atoms with Crippen LogP contribution in [-0.4, -0.2) is 11.0 Å². The fraction of sp³-hybridized carbons (Fsp3) is 0.167. The first-order chi connectivity index (χ1) is 7.65. The van der Waals surface area contributed by atoms with E-state index in [4.69, 9.17) is 4.52 Å². The SMILES string of the molecule is Cc1c(-c2ccccc2C=O)n(C)oc1=O. The van der Waals surface area contributed by atoms with Gasteiger partial charge in [0.1, 0.15) is 0 Å². The highest BCUT2D eigenvalue weighted by atomic mass is 16.5. The van der Waals surface area contributed by atoms with E-state index >= 15 is 0 Å². The van der Waals surface area contributed by atoms with Crippen molar-refractivity contribution in [3.63, 3.8) is 0 Å². The van der Waals surface area contributed by atoms with E-state index in [-0.39, 0.29) is 5.63 Å². The number of aryl methyl sites for hydroxylation is 1. The van der Waals surface area contributed by atoms with Gasteiger partial charge in [-0.25, -0.2) is 9.53 Å². The second kappa shape index (κ2) is 3.81. The lowest BCUT2D eigenvalue weighted by molar-refractivity contribution is 0.112. The molecule has 2 aromatic rings. The second-order valence-corrected chi connectivity index (χ2v) is 3.55. The molecule has 0 N–H and O–H groups in total. The van der Waals surface area contributed by atoms with Crippen molar-refractivity contribution in [3.8, 4) is 11.3 Å². The van der Waals surface area contributed by atoms with Crippen LogP contribution in [0.25, 0.3) is 11.3 Å². The van der Waals surface area contributed by atoms with Crippen LogP contribution in [0.4, 0.5) is 0 Å². The third kappa shape index (κ3) is 1.48. The zero-order valence-corrected chi connectivity index (χ0v) is 9.06. The van der Waals surface area contributed by atoms with Crippen LogP contribution in [0.2, 0.25) is 0 Å². The molecule has 0 aliphatic carbocycles. The van der Waals surface area contributed by atoms with Crippen LogP contribution < -0.4 is 5.63 Å². The number of hydrogen-bond acceptors (Lipinski definition) is 3. The molecule has 82 valence electrons. The average Bonchev–Trinajstić information content (AvgIpc) is 2.53. The fourth-order valence-electron chi connectivity index (χ4n) is 1.76. The number of aldehydes is 1. The maximum atomic E-state index is 11.4. The van der Waals surface area contributed by atoms with Crippen LogP contribution in [0, 0.1) is 6.92 Å². The van der Waals surface area contributed by atoms with Crippen molar-refractivity contribution in [2.45, 2.75) is 6.92 Å². The van der Waals surface area contributed by atoms with E-state index < -0.39 is 0 Å². The molecule has 0 atom stereocenters. The molecule has 16 heavy (non-hydrogen) atoms. The lowest BCUT2D eigenvalue weighted by Gasteiger charge is -2.04. The molecule has 4 heteroatoms. The summed E-state index contributed by atoms with van der Waals surface area (Å²) in [6.07, 6.45) is 0.770. The summed E-state index contributed by atoms with van der Waals surface area (Å²) in [4.78, 5) is 22.3. The van der Waals surface area contributed by atoms with Crippen molar-refractivity contribution in [1.82, 2.24) is 4.74 Å². The number of aromatic nitrogens is 1. The molecular formula is C12H11NO3. The van der Waals surface area contributed by atoms with E-state index in [9.17, 15) is 9.59 Å². The Hall–Kier alpha value is -2.10. The first-order valence-corrected chi connectivity index (χ1v) is 4.86. The molecule has 0 aliphatic heterocycles. The van der Waals surface area contributed by atoms with Gasteiger partial charge in [-0.3, -0.25) is 4.79 Å². The summed E-state index contributed by atoms with van der Waals surface area (Å²) in [6, 6.07) is 7.10. The summed E-state index contributed by atoms with van der Waals surface area (Å²) in [5, 5.41) is 0. The van der Waals surface area contributed by atoms with Gasteiger partial charge in [-0.2, -0.15) is 0 Å². The second-order valence-electron chi connectivity index (χ2n) is 3.55. The monoisotopic (exact) mass is 217 g/mol. The summed E-state index contributed by atoms with van der Waals surface area (Å²) in [7, 11) is 1.64. The normalized spacial score (nSPS) is 10.4. The molecule has 1 aromatic heterocycles. The quantitative estimate of drug-likeness (QED) is 0.720. The fourth-order valence-corrected chi connectivity index (χ4v) is 1.76. The van der Waals surface area contributed by atoms with Gasteiger partial charge in [-0.05, 0) is 6.92 Å². The van der Waals surface area contributed by atoms with Crippen molar-refractivity contribution in [2.24, 2.45) is 7.05 Å². The molecule has 2 rings (SSSR count). The average molecular weight is 217 g/mol. The molecular weight excluding hydrogens is 206 g/mol. The number of carbonyl (C=O) groups is 1. The first-order valence-electron chi connectivity index (χ1n) is 4.86. The van der Waals surface area contributed by atoms with Crippen LogP contribution >= 0.6 is 0 Å². The molecule has 0 saturated carbocycles. The van der Waals surface area contributed by atoms with Crippen molar-refractivity contribution < 1.29 is 9.32 Å². The van der Waals surface area contributed by atoms with Gasteiger partial charge in [0, 0.05) is 18.2 Å². The molecule has 1 aromatic carbocycles. The van der Waals surface area contributed by atoms with Gasteiger partial charge < -0.3 is 4.52 Å². The Kier molecular flexibility index (Phi) is 2.48. The molecule has 0 bridgehead atoms. The lowest BCUT2D eigenvalue weighted by Crippen LogP contribution is -1.97. The minimum absolute atomic E-state index is 0.377. The molecule has 0 aliphatic rings. The maximum Gasteiger partial charge on any atom is 0.361 e. The summed E-state index contributed by atoms with van der Waals surface area (Å²) in [6.45, 7) is 1.68. The molecule has 4 nitrogen and oxygen atoms in total. The highest BCUT2D eigenvalue weighted by Gasteiger charge is 2.15. The van der Waals surface area contributed by atoms with Crippen molar-refractivity contribution >= 4 is 6.29 Å². The van der Waals surface area contributed by atoms with Crippen LogP contribution in [0.1, 0.15) is 15.9 Å². The zero-order chi connectivity index (χ0) is 11.7. The maximum absolute atomic E-state index is 11.4. The predicted octanol–water partition coefficient (Wildman–Crippen LogP) is 1.77. The third-order valence-corrected chi connectivity index (χ3v) is 2.54. The number of nitrogens with zero attached hydrogens (tertiary/aromatic N) is 1. The Morgan fingerprint density at radius 3 is 2.56 bits per heavy atom. The Morgan fingerprint density at radius 2 is 2.00 bits per heavy atom. The summed E-state index contributed by atoms with van der Waals surface area (Å²) in [5.41, 5.74) is 2.04. The van der Waals surface area contributed by atoms with Gasteiger partial charge in [0.2, 0.25) is 0 Å². The van der Waals surface area contributed by atoms with E-state index in [2.05, 4.69) is 0 Å². The van der Waals surface area contributed by atoms with Crippen LogP contribution in [0.15, 0.2) is 33.6 Å². The molecule has 0 unspecified atom stereocenters. The predicted molar refractivity (Wildman–Crippen MR) is 59.5 cm³/mol. The smallest absolute Gasteiger partial charge is 0.336 e. The number of carbonyl (C=O) groups excluding carboxylic acids is 1. The highest BCUT2D eigenvalue weighted by molar-refractivity contribution is 5.87. The number of benzene rings is 1. The molecule has 0 amide bonds. The molecule has 0 fully saturated rings. The standard InChI is InChI=1S/C12H11NO3/c1-8-11(13(2)16-12(8)15)10-6-4-3-5-9(10)7-14/h3-7H,1-2H3. The largest absolute Gasteiger partial charge is 0.361 e. The Labute approximate surface area is 92.1 Å². The van der Waals surface area contributed by atoms with Gasteiger partial charge in [0.25, 0.3) is 0 Å². The van der Waals surface area contributed by atoms with Crippen LogP contribution in [0.5, 0.6) is 0 Å². The molecule has 0 saturated heterocycles. The number of rotatable bonds is 2. The van der Waals surface area contributed by atoms with E-state index in [0.717, 1.165) is 6.29 Å². The van der Waals surface area contributed by atoms with E-state index in [1.165, 1.54) is 4.74 Å². The topological polar surface area (TPSA) is 52.2 Å². The van der Waals surface area contributed by atoms with E-state index in [1.54, 1.807) is 32.2 Å². The minimum Gasteiger partial charge on any atom is -0.336 e. The Balaban J connectivity index is 2.76. The van der Waals surface area contributed by atoms with Crippen molar-refractivity contribution in [2.75, 3.05) is 0 Å². The minimum atomic E-state index is -0.377. The summed E-state index contributed by atoms with van der Waals surface area (Å²) >= 11 is 0.